The van der Waals surface area contributed by atoms with Crippen molar-refractivity contribution >= 4 is 5.78 Å². The van der Waals surface area contributed by atoms with Crippen LogP contribution in [0, 0.1) is 11.7 Å². The number of ketones is 1. The maximum Gasteiger partial charge on any atom is 0.135 e. The number of Topliss-reactive ketones (excluding diaryl/α,β-unsaturated/α-hetero) is 1. The summed E-state index contributed by atoms with van der Waals surface area (Å²) in [6.45, 7) is 2.27. The molecule has 2 heteroatoms. The molecule has 0 atom stereocenters. The predicted molar refractivity (Wildman–Crippen MR) is 122 cm³/mol. The Kier molecular flexibility index (Phi) is 12.3. The molecule has 1 aromatic carbocycles. The second kappa shape index (κ2) is 14.7. The topological polar surface area (TPSA) is 17.1 Å². The molecule has 0 radical (unpaired) electrons. The first-order valence-electron chi connectivity index (χ1n) is 12.5. The average molecular weight is 403 g/mol. The van der Waals surface area contributed by atoms with Gasteiger partial charge in [0.25, 0.3) is 0 Å². The molecule has 0 unspecified atom stereocenters. The summed E-state index contributed by atoms with van der Waals surface area (Å²) in [7, 11) is 0. The zero-order valence-electron chi connectivity index (χ0n) is 18.8. The smallest absolute Gasteiger partial charge is 0.135 e. The fourth-order valence-electron chi connectivity index (χ4n) is 4.83. The van der Waals surface area contributed by atoms with Crippen molar-refractivity contribution in [2.24, 2.45) is 5.92 Å². The summed E-state index contributed by atoms with van der Waals surface area (Å²) in [4.78, 5) is 12.5. The first kappa shape index (κ1) is 24.1. The Balaban J connectivity index is 1.45. The Labute approximate surface area is 178 Å². The van der Waals surface area contributed by atoms with Crippen LogP contribution in [0.25, 0.3) is 0 Å². The summed E-state index contributed by atoms with van der Waals surface area (Å²) in [5, 5.41) is 0. The van der Waals surface area contributed by atoms with Crippen molar-refractivity contribution in [3.8, 4) is 0 Å². The molecule has 0 heterocycles. The normalized spacial score (nSPS) is 19.4. The Bertz CT molecular complexity index is 542. The number of halogens is 1. The minimum Gasteiger partial charge on any atom is -0.299 e. The fourth-order valence-corrected chi connectivity index (χ4v) is 4.83. The summed E-state index contributed by atoms with van der Waals surface area (Å²) in [6.07, 6.45) is 21.0. The van der Waals surface area contributed by atoms with Gasteiger partial charge in [0.05, 0.1) is 0 Å². The van der Waals surface area contributed by atoms with Gasteiger partial charge in [-0.1, -0.05) is 89.7 Å². The molecule has 1 aliphatic carbocycles. The van der Waals surface area contributed by atoms with Crippen LogP contribution in [0.5, 0.6) is 0 Å². The Morgan fingerprint density at radius 1 is 0.759 bits per heavy atom. The summed E-state index contributed by atoms with van der Waals surface area (Å²) < 4.78 is 13.1. The zero-order valence-corrected chi connectivity index (χ0v) is 18.8. The SMILES string of the molecule is CCCCCCCCCCCCCCC(=O)C1CCC(c2ccc(F)cc2)CC1. The highest BCUT2D eigenvalue weighted by Gasteiger charge is 2.26. The van der Waals surface area contributed by atoms with Gasteiger partial charge in [-0.3, -0.25) is 4.79 Å². The number of unbranched alkanes of at least 4 members (excludes halogenated alkanes) is 11. The standard InChI is InChI=1S/C27H43FO/c1-2-3-4-5-6-7-8-9-10-11-12-13-14-27(29)25-17-15-23(16-18-25)24-19-21-26(28)22-20-24/h19-23,25H,2-18H2,1H3. The molecule has 0 aromatic heterocycles. The third-order valence-electron chi connectivity index (χ3n) is 6.80. The molecule has 164 valence electrons. The van der Waals surface area contributed by atoms with Gasteiger partial charge in [0, 0.05) is 12.3 Å². The lowest BCUT2D eigenvalue weighted by molar-refractivity contribution is -0.124. The number of hydrogen-bond acceptors (Lipinski definition) is 1. The molecule has 1 nitrogen and oxygen atoms in total. The largest absolute Gasteiger partial charge is 0.299 e. The van der Waals surface area contributed by atoms with E-state index in [0.29, 0.717) is 11.7 Å². The molecule has 0 aliphatic heterocycles. The van der Waals surface area contributed by atoms with Crippen molar-refractivity contribution in [1.82, 2.24) is 0 Å². The van der Waals surface area contributed by atoms with Gasteiger partial charge < -0.3 is 0 Å². The third kappa shape index (κ3) is 9.92. The summed E-state index contributed by atoms with van der Waals surface area (Å²) >= 11 is 0. The zero-order chi connectivity index (χ0) is 20.7. The van der Waals surface area contributed by atoms with Crippen LogP contribution in [0.1, 0.15) is 128 Å². The van der Waals surface area contributed by atoms with Crippen molar-refractivity contribution in [2.45, 2.75) is 122 Å². The molecule has 2 rings (SSSR count). The van der Waals surface area contributed by atoms with E-state index in [2.05, 4.69) is 6.92 Å². The van der Waals surface area contributed by atoms with E-state index in [0.717, 1.165) is 38.5 Å². The summed E-state index contributed by atoms with van der Waals surface area (Å²) in [6, 6.07) is 6.93. The van der Waals surface area contributed by atoms with Crippen LogP contribution in [0.3, 0.4) is 0 Å². The van der Waals surface area contributed by atoms with E-state index < -0.39 is 0 Å². The molecule has 0 amide bonds. The molecule has 1 aromatic rings. The van der Waals surface area contributed by atoms with Crippen LogP contribution < -0.4 is 0 Å². The molecule has 0 spiro atoms. The van der Waals surface area contributed by atoms with Gasteiger partial charge in [-0.15, -0.1) is 0 Å². The second-order valence-corrected chi connectivity index (χ2v) is 9.21. The minimum absolute atomic E-state index is 0.167. The fraction of sp³-hybridized carbons (Fsp3) is 0.741. The van der Waals surface area contributed by atoms with E-state index in [1.807, 2.05) is 12.1 Å². The van der Waals surface area contributed by atoms with Gasteiger partial charge in [-0.25, -0.2) is 4.39 Å². The number of carbonyl (C=O) groups is 1. The van der Waals surface area contributed by atoms with Crippen LogP contribution in [-0.4, -0.2) is 5.78 Å². The van der Waals surface area contributed by atoms with Crippen LogP contribution >= 0.6 is 0 Å². The third-order valence-corrected chi connectivity index (χ3v) is 6.80. The van der Waals surface area contributed by atoms with E-state index in [1.54, 1.807) is 12.1 Å². The van der Waals surface area contributed by atoms with E-state index in [4.69, 9.17) is 0 Å². The van der Waals surface area contributed by atoms with E-state index in [-0.39, 0.29) is 11.7 Å². The minimum atomic E-state index is -0.167. The average Bonchev–Trinajstić information content (AvgIpc) is 2.75. The quantitative estimate of drug-likeness (QED) is 0.268. The first-order chi connectivity index (χ1) is 14.2. The van der Waals surface area contributed by atoms with Crippen molar-refractivity contribution in [3.05, 3.63) is 35.6 Å². The predicted octanol–water partition coefficient (Wildman–Crippen LogP) is 8.76. The highest BCUT2D eigenvalue weighted by molar-refractivity contribution is 5.81. The van der Waals surface area contributed by atoms with Crippen LogP contribution in [0.4, 0.5) is 4.39 Å². The van der Waals surface area contributed by atoms with Crippen molar-refractivity contribution < 1.29 is 9.18 Å². The van der Waals surface area contributed by atoms with E-state index in [1.165, 1.54) is 76.2 Å². The molecule has 0 bridgehead atoms. The molecule has 1 aliphatic rings. The van der Waals surface area contributed by atoms with Gasteiger partial charge in [0.15, 0.2) is 0 Å². The number of rotatable bonds is 15. The van der Waals surface area contributed by atoms with E-state index >= 15 is 0 Å². The van der Waals surface area contributed by atoms with Crippen molar-refractivity contribution in [1.29, 1.82) is 0 Å². The lowest BCUT2D eigenvalue weighted by atomic mass is 9.76. The summed E-state index contributed by atoms with van der Waals surface area (Å²) in [5.74, 6) is 1.11. The monoisotopic (exact) mass is 402 g/mol. The molecule has 1 fully saturated rings. The Hall–Kier alpha value is -1.18. The molecular formula is C27H43FO. The number of benzene rings is 1. The molecular weight excluding hydrogens is 359 g/mol. The van der Waals surface area contributed by atoms with Gasteiger partial charge in [0.2, 0.25) is 0 Å². The van der Waals surface area contributed by atoms with E-state index in [9.17, 15) is 9.18 Å². The Morgan fingerprint density at radius 2 is 1.24 bits per heavy atom. The van der Waals surface area contributed by atoms with Gasteiger partial charge in [-0.2, -0.15) is 0 Å². The molecule has 29 heavy (non-hydrogen) atoms. The molecule has 0 saturated heterocycles. The highest BCUT2D eigenvalue weighted by Crippen LogP contribution is 2.36. The first-order valence-corrected chi connectivity index (χ1v) is 12.5. The number of hydrogen-bond donors (Lipinski definition) is 0. The van der Waals surface area contributed by atoms with Gasteiger partial charge in [-0.05, 0) is 55.7 Å². The summed E-state index contributed by atoms with van der Waals surface area (Å²) in [5.41, 5.74) is 1.23. The second-order valence-electron chi connectivity index (χ2n) is 9.21. The lowest BCUT2D eigenvalue weighted by Crippen LogP contribution is -2.21. The molecule has 0 N–H and O–H groups in total. The van der Waals surface area contributed by atoms with Crippen LogP contribution in [0.2, 0.25) is 0 Å². The maximum absolute atomic E-state index is 13.1. The van der Waals surface area contributed by atoms with Crippen molar-refractivity contribution in [3.63, 3.8) is 0 Å². The van der Waals surface area contributed by atoms with Crippen LogP contribution in [0.15, 0.2) is 24.3 Å². The van der Waals surface area contributed by atoms with Crippen LogP contribution in [-0.2, 0) is 4.79 Å². The Morgan fingerprint density at radius 3 is 1.76 bits per heavy atom. The van der Waals surface area contributed by atoms with Gasteiger partial charge >= 0.3 is 0 Å². The highest BCUT2D eigenvalue weighted by atomic mass is 19.1. The number of carbonyl (C=O) groups excluding carboxylic acids is 1. The molecule has 1 saturated carbocycles. The maximum atomic E-state index is 13.1. The van der Waals surface area contributed by atoms with Crippen molar-refractivity contribution in [2.75, 3.05) is 0 Å². The van der Waals surface area contributed by atoms with Gasteiger partial charge in [0.1, 0.15) is 11.6 Å². The lowest BCUT2D eigenvalue weighted by Gasteiger charge is -2.28.